The molecule has 1 N–H and O–H groups in total. The van der Waals surface area contributed by atoms with Gasteiger partial charge in [-0.25, -0.2) is 4.98 Å². The molecule has 0 aliphatic heterocycles. The van der Waals surface area contributed by atoms with Crippen LogP contribution in [0, 0.1) is 6.92 Å². The van der Waals surface area contributed by atoms with Gasteiger partial charge in [0, 0.05) is 29.0 Å². The highest BCUT2D eigenvalue weighted by molar-refractivity contribution is 6.04. The number of carbonyl (C=O) groups is 1. The molecular formula is C23H17N3O2. The summed E-state index contributed by atoms with van der Waals surface area (Å²) >= 11 is 0. The van der Waals surface area contributed by atoms with Gasteiger partial charge in [-0.3, -0.25) is 4.79 Å². The first-order valence-electron chi connectivity index (χ1n) is 9.02. The lowest BCUT2D eigenvalue weighted by Crippen LogP contribution is -2.10. The van der Waals surface area contributed by atoms with Crippen LogP contribution in [-0.4, -0.2) is 15.3 Å². The zero-order valence-corrected chi connectivity index (χ0v) is 15.2. The summed E-state index contributed by atoms with van der Waals surface area (Å²) in [7, 11) is 0. The van der Waals surface area contributed by atoms with Crippen LogP contribution in [0.4, 0.5) is 5.69 Å². The second-order valence-electron chi connectivity index (χ2n) is 6.73. The Balaban J connectivity index is 1.44. The van der Waals surface area contributed by atoms with E-state index in [-0.39, 0.29) is 11.7 Å². The molecule has 0 saturated carbocycles. The first-order valence-corrected chi connectivity index (χ1v) is 9.02. The third-order valence-electron chi connectivity index (χ3n) is 4.74. The summed E-state index contributed by atoms with van der Waals surface area (Å²) in [4.78, 5) is 17.3. The van der Waals surface area contributed by atoms with Crippen molar-refractivity contribution in [1.29, 1.82) is 0 Å². The molecule has 5 aromatic rings. The van der Waals surface area contributed by atoms with E-state index in [1.54, 1.807) is 6.07 Å². The predicted octanol–water partition coefficient (Wildman–Crippen LogP) is 5.31. The number of nitrogens with one attached hydrogen (secondary N) is 1. The fourth-order valence-electron chi connectivity index (χ4n) is 3.34. The molecular weight excluding hydrogens is 350 g/mol. The van der Waals surface area contributed by atoms with Crippen molar-refractivity contribution in [3.05, 3.63) is 90.4 Å². The van der Waals surface area contributed by atoms with E-state index in [9.17, 15) is 4.79 Å². The second-order valence-corrected chi connectivity index (χ2v) is 6.73. The normalized spacial score (nSPS) is 11.2. The maximum atomic E-state index is 12.6. The van der Waals surface area contributed by atoms with Crippen LogP contribution in [0.15, 0.2) is 83.5 Å². The van der Waals surface area contributed by atoms with Crippen LogP contribution in [-0.2, 0) is 0 Å². The summed E-state index contributed by atoms with van der Waals surface area (Å²) in [5.74, 6) is 0.00848. The van der Waals surface area contributed by atoms with Gasteiger partial charge in [0.05, 0.1) is 5.69 Å². The molecule has 5 heteroatoms. The van der Waals surface area contributed by atoms with Gasteiger partial charge in [0.2, 0.25) is 0 Å². The lowest BCUT2D eigenvalue weighted by molar-refractivity contribution is 0.0998. The molecule has 0 aliphatic carbocycles. The van der Waals surface area contributed by atoms with Crippen molar-refractivity contribution < 1.29 is 9.21 Å². The summed E-state index contributed by atoms with van der Waals surface area (Å²) in [6.45, 7) is 2.04. The number of benzene rings is 2. The quantitative estimate of drug-likeness (QED) is 0.470. The Morgan fingerprint density at radius 1 is 1.04 bits per heavy atom. The van der Waals surface area contributed by atoms with E-state index in [0.29, 0.717) is 11.3 Å². The lowest BCUT2D eigenvalue weighted by atomic mass is 10.1. The molecule has 28 heavy (non-hydrogen) atoms. The van der Waals surface area contributed by atoms with E-state index in [4.69, 9.17) is 9.40 Å². The Kier molecular flexibility index (Phi) is 3.72. The number of para-hydroxylation sites is 1. The summed E-state index contributed by atoms with van der Waals surface area (Å²) < 4.78 is 7.65. The third-order valence-corrected chi connectivity index (χ3v) is 4.74. The van der Waals surface area contributed by atoms with E-state index < -0.39 is 0 Å². The Bertz CT molecular complexity index is 1300. The first kappa shape index (κ1) is 16.3. The van der Waals surface area contributed by atoms with Gasteiger partial charge < -0.3 is 14.1 Å². The molecule has 0 radical (unpaired) electrons. The number of hydrogen-bond donors (Lipinski definition) is 1. The fraction of sp³-hybridized carbons (Fsp3) is 0.0435. The highest BCUT2D eigenvalue weighted by atomic mass is 16.3. The standard InChI is InChI=1S/C23H17N3O2/c1-15-6-5-11-26-14-19(25-22(15)26)16-8-4-9-18(12-16)24-23(27)21-13-17-7-2-3-10-20(17)28-21/h2-14H,1H3,(H,24,27). The molecule has 136 valence electrons. The smallest absolute Gasteiger partial charge is 0.291 e. The zero-order valence-electron chi connectivity index (χ0n) is 15.2. The van der Waals surface area contributed by atoms with E-state index in [0.717, 1.165) is 27.9 Å². The van der Waals surface area contributed by atoms with Crippen molar-refractivity contribution in [2.45, 2.75) is 6.92 Å². The van der Waals surface area contributed by atoms with Gasteiger partial charge in [-0.2, -0.15) is 0 Å². The van der Waals surface area contributed by atoms with E-state index in [2.05, 4.69) is 5.32 Å². The SMILES string of the molecule is Cc1cccn2cc(-c3cccc(NC(=O)c4cc5ccccc5o4)c3)nc12. The monoisotopic (exact) mass is 367 g/mol. The molecule has 0 unspecified atom stereocenters. The van der Waals surface area contributed by atoms with Gasteiger partial charge in [0.15, 0.2) is 5.76 Å². The summed E-state index contributed by atoms with van der Waals surface area (Å²) in [5, 5.41) is 3.81. The number of aromatic nitrogens is 2. The van der Waals surface area contributed by atoms with Crippen LogP contribution < -0.4 is 5.32 Å². The maximum Gasteiger partial charge on any atom is 0.291 e. The number of fused-ring (bicyclic) bond motifs is 2. The maximum absolute atomic E-state index is 12.6. The van der Waals surface area contributed by atoms with Crippen molar-refractivity contribution in [2.75, 3.05) is 5.32 Å². The van der Waals surface area contributed by atoms with E-state index in [1.165, 1.54) is 0 Å². The van der Waals surface area contributed by atoms with Crippen LogP contribution in [0.1, 0.15) is 16.1 Å². The topological polar surface area (TPSA) is 59.5 Å². The highest BCUT2D eigenvalue weighted by Crippen LogP contribution is 2.25. The van der Waals surface area contributed by atoms with Crippen molar-refractivity contribution in [1.82, 2.24) is 9.38 Å². The van der Waals surface area contributed by atoms with Crippen molar-refractivity contribution in [3.8, 4) is 11.3 Å². The Morgan fingerprint density at radius 2 is 1.93 bits per heavy atom. The number of carbonyl (C=O) groups excluding carboxylic acids is 1. The minimum absolute atomic E-state index is 0.279. The second kappa shape index (κ2) is 6.39. The fourth-order valence-corrected chi connectivity index (χ4v) is 3.34. The van der Waals surface area contributed by atoms with Crippen molar-refractivity contribution in [3.63, 3.8) is 0 Å². The summed E-state index contributed by atoms with van der Waals surface area (Å²) in [5.41, 5.74) is 5.22. The van der Waals surface area contributed by atoms with Crippen molar-refractivity contribution in [2.24, 2.45) is 0 Å². The van der Waals surface area contributed by atoms with Gasteiger partial charge in [-0.1, -0.05) is 36.4 Å². The molecule has 0 aliphatic rings. The average molecular weight is 367 g/mol. The summed E-state index contributed by atoms with van der Waals surface area (Å²) in [6.07, 6.45) is 3.97. The number of pyridine rings is 1. The molecule has 5 rings (SSSR count). The zero-order chi connectivity index (χ0) is 19.1. The highest BCUT2D eigenvalue weighted by Gasteiger charge is 2.13. The van der Waals surface area contributed by atoms with Crippen LogP contribution >= 0.6 is 0 Å². The third kappa shape index (κ3) is 2.83. The number of aryl methyl sites for hydroxylation is 1. The lowest BCUT2D eigenvalue weighted by Gasteiger charge is -2.05. The molecule has 2 aromatic carbocycles. The largest absolute Gasteiger partial charge is 0.451 e. The summed E-state index contributed by atoms with van der Waals surface area (Å²) in [6, 6.07) is 21.0. The van der Waals surface area contributed by atoms with Crippen molar-refractivity contribution >= 4 is 28.2 Å². The molecule has 0 fully saturated rings. The van der Waals surface area contributed by atoms with Crippen LogP contribution in [0.5, 0.6) is 0 Å². The molecule has 1 amide bonds. The van der Waals surface area contributed by atoms with E-state index >= 15 is 0 Å². The van der Waals surface area contributed by atoms with Gasteiger partial charge in [-0.05, 0) is 42.8 Å². The number of rotatable bonds is 3. The van der Waals surface area contributed by atoms with Crippen LogP contribution in [0.3, 0.4) is 0 Å². The number of amides is 1. The van der Waals surface area contributed by atoms with Gasteiger partial charge in [0.25, 0.3) is 5.91 Å². The molecule has 0 saturated heterocycles. The minimum atomic E-state index is -0.279. The first-order chi connectivity index (χ1) is 13.7. The molecule has 0 bridgehead atoms. The van der Waals surface area contributed by atoms with E-state index in [1.807, 2.05) is 84.4 Å². The van der Waals surface area contributed by atoms with Gasteiger partial charge in [0.1, 0.15) is 11.2 Å². The number of imidazole rings is 1. The van der Waals surface area contributed by atoms with Crippen LogP contribution in [0.25, 0.3) is 27.9 Å². The number of anilines is 1. The number of furan rings is 1. The average Bonchev–Trinajstić information content (AvgIpc) is 3.33. The molecule has 3 aromatic heterocycles. The molecule has 5 nitrogen and oxygen atoms in total. The molecule has 3 heterocycles. The molecule has 0 atom stereocenters. The Hall–Kier alpha value is -3.86. The van der Waals surface area contributed by atoms with Gasteiger partial charge >= 0.3 is 0 Å². The minimum Gasteiger partial charge on any atom is -0.451 e. The Morgan fingerprint density at radius 3 is 2.79 bits per heavy atom. The van der Waals surface area contributed by atoms with Gasteiger partial charge in [-0.15, -0.1) is 0 Å². The van der Waals surface area contributed by atoms with Crippen LogP contribution in [0.2, 0.25) is 0 Å². The molecule has 0 spiro atoms. The Labute approximate surface area is 161 Å². The number of hydrogen-bond acceptors (Lipinski definition) is 3. The number of nitrogens with zero attached hydrogens (tertiary/aromatic N) is 2. The predicted molar refractivity (Wildman–Crippen MR) is 110 cm³/mol.